The van der Waals surface area contributed by atoms with Crippen LogP contribution in [0.5, 0.6) is 0 Å². The van der Waals surface area contributed by atoms with Crippen LogP contribution in [0.25, 0.3) is 0 Å². The number of furan rings is 1. The first-order valence-corrected chi connectivity index (χ1v) is 5.74. The van der Waals surface area contributed by atoms with Crippen LogP contribution in [0, 0.1) is 0 Å². The Morgan fingerprint density at radius 1 is 1.50 bits per heavy atom. The first-order chi connectivity index (χ1) is 7.66. The molecule has 0 radical (unpaired) electrons. The van der Waals surface area contributed by atoms with E-state index < -0.39 is 12.0 Å². The van der Waals surface area contributed by atoms with Gasteiger partial charge in [-0.15, -0.1) is 0 Å². The molecule has 4 heteroatoms. The Bertz CT molecular complexity index is 366. The molecule has 16 heavy (non-hydrogen) atoms. The summed E-state index contributed by atoms with van der Waals surface area (Å²) in [5, 5.41) is 8.69. The van der Waals surface area contributed by atoms with Crippen molar-refractivity contribution in [1.82, 2.24) is 0 Å². The molecular weight excluding hydrogens is 206 g/mol. The van der Waals surface area contributed by atoms with Gasteiger partial charge >= 0.3 is 5.97 Å². The molecule has 0 aromatic carbocycles. The van der Waals surface area contributed by atoms with Gasteiger partial charge in [-0.2, -0.15) is 0 Å². The SMILES string of the molecule is NC(Cc1ccc(C2CCCC2)o1)C(=O)O. The summed E-state index contributed by atoms with van der Waals surface area (Å²) in [6.07, 6.45) is 5.14. The van der Waals surface area contributed by atoms with Crippen molar-refractivity contribution in [2.45, 2.75) is 44.1 Å². The minimum atomic E-state index is -0.987. The second kappa shape index (κ2) is 4.70. The molecule has 88 valence electrons. The zero-order chi connectivity index (χ0) is 11.5. The molecule has 1 saturated carbocycles. The average Bonchev–Trinajstić information content (AvgIpc) is 2.85. The number of hydrogen-bond acceptors (Lipinski definition) is 3. The lowest BCUT2D eigenvalue weighted by Crippen LogP contribution is -2.32. The Morgan fingerprint density at radius 2 is 2.19 bits per heavy atom. The third kappa shape index (κ3) is 2.44. The van der Waals surface area contributed by atoms with E-state index in [1.54, 1.807) is 0 Å². The highest BCUT2D eigenvalue weighted by atomic mass is 16.4. The van der Waals surface area contributed by atoms with Gasteiger partial charge in [0.15, 0.2) is 0 Å². The van der Waals surface area contributed by atoms with E-state index in [0.717, 1.165) is 5.76 Å². The van der Waals surface area contributed by atoms with Gasteiger partial charge in [-0.3, -0.25) is 4.79 Å². The first kappa shape index (κ1) is 11.2. The lowest BCUT2D eigenvalue weighted by molar-refractivity contribution is -0.138. The van der Waals surface area contributed by atoms with Crippen LogP contribution in [0.2, 0.25) is 0 Å². The lowest BCUT2D eigenvalue weighted by Gasteiger charge is -2.05. The normalized spacial score (nSPS) is 18.8. The van der Waals surface area contributed by atoms with Crippen molar-refractivity contribution in [2.75, 3.05) is 0 Å². The van der Waals surface area contributed by atoms with Gasteiger partial charge in [0.05, 0.1) is 0 Å². The molecule has 2 rings (SSSR count). The van der Waals surface area contributed by atoms with Crippen LogP contribution in [0.4, 0.5) is 0 Å². The molecule has 1 aromatic heterocycles. The molecule has 0 spiro atoms. The Balaban J connectivity index is 1.99. The van der Waals surface area contributed by atoms with Gasteiger partial charge in [-0.1, -0.05) is 12.8 Å². The standard InChI is InChI=1S/C12H17NO3/c13-10(12(14)15)7-9-5-6-11(16-9)8-3-1-2-4-8/h5-6,8,10H,1-4,7,13H2,(H,14,15). The fraction of sp³-hybridized carbons (Fsp3) is 0.583. The molecule has 0 aliphatic heterocycles. The number of rotatable bonds is 4. The zero-order valence-corrected chi connectivity index (χ0v) is 9.19. The van der Waals surface area contributed by atoms with Gasteiger partial charge in [-0.25, -0.2) is 0 Å². The van der Waals surface area contributed by atoms with Gasteiger partial charge in [0.25, 0.3) is 0 Å². The first-order valence-electron chi connectivity index (χ1n) is 5.74. The molecule has 1 unspecified atom stereocenters. The molecule has 1 fully saturated rings. The fourth-order valence-electron chi connectivity index (χ4n) is 2.24. The predicted octanol–water partition coefficient (Wildman–Crippen LogP) is 1.89. The van der Waals surface area contributed by atoms with E-state index in [-0.39, 0.29) is 6.42 Å². The number of aliphatic carboxylic acids is 1. The number of carboxylic acids is 1. The van der Waals surface area contributed by atoms with E-state index >= 15 is 0 Å². The maximum atomic E-state index is 10.6. The highest BCUT2D eigenvalue weighted by Crippen LogP contribution is 2.34. The Labute approximate surface area is 94.4 Å². The highest BCUT2D eigenvalue weighted by Gasteiger charge is 2.21. The summed E-state index contributed by atoms with van der Waals surface area (Å²) in [7, 11) is 0. The summed E-state index contributed by atoms with van der Waals surface area (Å²) in [6.45, 7) is 0. The van der Waals surface area contributed by atoms with E-state index in [4.69, 9.17) is 15.3 Å². The van der Waals surface area contributed by atoms with Crippen LogP contribution >= 0.6 is 0 Å². The van der Waals surface area contributed by atoms with Gasteiger partial charge in [0.1, 0.15) is 17.6 Å². The zero-order valence-electron chi connectivity index (χ0n) is 9.19. The molecule has 1 aliphatic carbocycles. The highest BCUT2D eigenvalue weighted by molar-refractivity contribution is 5.73. The second-order valence-electron chi connectivity index (χ2n) is 4.43. The van der Waals surface area contributed by atoms with E-state index in [1.165, 1.54) is 25.7 Å². The number of hydrogen-bond donors (Lipinski definition) is 2. The third-order valence-corrected chi connectivity index (χ3v) is 3.18. The van der Waals surface area contributed by atoms with Gasteiger partial charge < -0.3 is 15.3 Å². The Hall–Kier alpha value is -1.29. The van der Waals surface area contributed by atoms with Gasteiger partial charge in [0.2, 0.25) is 0 Å². The molecule has 1 aliphatic rings. The van der Waals surface area contributed by atoms with Crippen molar-refractivity contribution in [3.63, 3.8) is 0 Å². The number of nitrogens with two attached hydrogens (primary N) is 1. The largest absolute Gasteiger partial charge is 0.480 e. The van der Waals surface area contributed by atoms with Crippen LogP contribution in [-0.4, -0.2) is 17.1 Å². The van der Waals surface area contributed by atoms with Crippen molar-refractivity contribution in [3.05, 3.63) is 23.7 Å². The summed E-state index contributed by atoms with van der Waals surface area (Å²) in [6, 6.07) is 2.93. The predicted molar refractivity (Wildman–Crippen MR) is 59.2 cm³/mol. The molecule has 3 N–H and O–H groups in total. The molecular formula is C12H17NO3. The second-order valence-corrected chi connectivity index (χ2v) is 4.43. The fourth-order valence-corrected chi connectivity index (χ4v) is 2.24. The van der Waals surface area contributed by atoms with Crippen molar-refractivity contribution >= 4 is 5.97 Å². The molecule has 0 saturated heterocycles. The van der Waals surface area contributed by atoms with E-state index in [1.807, 2.05) is 12.1 Å². The quantitative estimate of drug-likeness (QED) is 0.817. The molecule has 0 bridgehead atoms. The van der Waals surface area contributed by atoms with E-state index in [9.17, 15) is 4.79 Å². The summed E-state index contributed by atoms with van der Waals surface area (Å²) >= 11 is 0. The van der Waals surface area contributed by atoms with Crippen LogP contribution < -0.4 is 5.73 Å². The Kier molecular flexibility index (Phi) is 3.29. The molecule has 1 aromatic rings. The van der Waals surface area contributed by atoms with Crippen molar-refractivity contribution < 1.29 is 14.3 Å². The third-order valence-electron chi connectivity index (χ3n) is 3.18. The van der Waals surface area contributed by atoms with Crippen molar-refractivity contribution in [2.24, 2.45) is 5.73 Å². The van der Waals surface area contributed by atoms with Gasteiger partial charge in [0, 0.05) is 12.3 Å². The summed E-state index contributed by atoms with van der Waals surface area (Å²) in [4.78, 5) is 10.6. The topological polar surface area (TPSA) is 76.5 Å². The van der Waals surface area contributed by atoms with Crippen LogP contribution in [-0.2, 0) is 11.2 Å². The molecule has 1 heterocycles. The number of carbonyl (C=O) groups is 1. The van der Waals surface area contributed by atoms with Crippen LogP contribution in [0.1, 0.15) is 43.1 Å². The monoisotopic (exact) mass is 223 g/mol. The summed E-state index contributed by atoms with van der Waals surface area (Å²) < 4.78 is 5.65. The van der Waals surface area contributed by atoms with Gasteiger partial charge in [-0.05, 0) is 25.0 Å². The van der Waals surface area contributed by atoms with Crippen molar-refractivity contribution in [1.29, 1.82) is 0 Å². The molecule has 4 nitrogen and oxygen atoms in total. The average molecular weight is 223 g/mol. The van der Waals surface area contributed by atoms with E-state index in [0.29, 0.717) is 11.7 Å². The number of carboxylic acid groups (broad SMARTS) is 1. The minimum Gasteiger partial charge on any atom is -0.480 e. The smallest absolute Gasteiger partial charge is 0.320 e. The summed E-state index contributed by atoms with van der Waals surface area (Å²) in [5.41, 5.74) is 5.45. The minimum absolute atomic E-state index is 0.266. The van der Waals surface area contributed by atoms with Crippen LogP contribution in [0.15, 0.2) is 16.5 Å². The molecule has 1 atom stereocenters. The maximum Gasteiger partial charge on any atom is 0.320 e. The van der Waals surface area contributed by atoms with Crippen LogP contribution in [0.3, 0.4) is 0 Å². The lowest BCUT2D eigenvalue weighted by atomic mass is 10.1. The Morgan fingerprint density at radius 3 is 2.81 bits per heavy atom. The van der Waals surface area contributed by atoms with Crippen molar-refractivity contribution in [3.8, 4) is 0 Å². The molecule has 0 amide bonds. The van der Waals surface area contributed by atoms with E-state index in [2.05, 4.69) is 0 Å². The summed E-state index contributed by atoms with van der Waals surface area (Å²) in [5.74, 6) is 1.20. The maximum absolute atomic E-state index is 10.6.